The summed E-state index contributed by atoms with van der Waals surface area (Å²) in [6.07, 6.45) is 0. The van der Waals surface area contributed by atoms with E-state index in [0.717, 1.165) is 28.8 Å². The number of rotatable bonds is 5. The van der Waals surface area contributed by atoms with E-state index in [2.05, 4.69) is 15.3 Å². The minimum atomic E-state index is 0.653. The van der Waals surface area contributed by atoms with Crippen LogP contribution in [0, 0.1) is 0 Å². The summed E-state index contributed by atoms with van der Waals surface area (Å²) < 4.78 is 10.8. The molecule has 0 saturated heterocycles. The van der Waals surface area contributed by atoms with Crippen LogP contribution in [0.5, 0.6) is 11.5 Å². The molecule has 0 aliphatic rings. The molecule has 0 unspecified atom stereocenters. The van der Waals surface area contributed by atoms with Crippen molar-refractivity contribution in [2.45, 2.75) is 6.92 Å². The standard InChI is InChI=1S/C18H19N3O2/c1-4-19-18-13-10-15(22-2)16(23-3)11-14(13)20-17(21-18)12-8-6-5-7-9-12/h5-11H,4H2,1-3H3,(H,19,20,21). The zero-order valence-corrected chi connectivity index (χ0v) is 13.5. The predicted octanol–water partition coefficient (Wildman–Crippen LogP) is 3.75. The van der Waals surface area contributed by atoms with Crippen molar-refractivity contribution in [2.75, 3.05) is 26.1 Å². The third-order valence-corrected chi connectivity index (χ3v) is 3.58. The van der Waals surface area contributed by atoms with E-state index in [-0.39, 0.29) is 0 Å². The number of ether oxygens (including phenoxy) is 2. The second-order valence-electron chi connectivity index (χ2n) is 5.02. The highest BCUT2D eigenvalue weighted by Gasteiger charge is 2.13. The maximum absolute atomic E-state index is 5.38. The second-order valence-corrected chi connectivity index (χ2v) is 5.02. The Morgan fingerprint density at radius 2 is 1.65 bits per heavy atom. The fraction of sp³-hybridized carbons (Fsp3) is 0.222. The molecule has 5 heteroatoms. The number of nitrogens with one attached hydrogen (secondary N) is 1. The van der Waals surface area contributed by atoms with Crippen LogP contribution in [-0.2, 0) is 0 Å². The van der Waals surface area contributed by atoms with Crippen LogP contribution in [0.15, 0.2) is 42.5 Å². The molecular weight excluding hydrogens is 290 g/mol. The van der Waals surface area contributed by atoms with E-state index >= 15 is 0 Å². The van der Waals surface area contributed by atoms with Crippen molar-refractivity contribution >= 4 is 16.7 Å². The van der Waals surface area contributed by atoms with Crippen molar-refractivity contribution < 1.29 is 9.47 Å². The van der Waals surface area contributed by atoms with Crippen LogP contribution in [0.4, 0.5) is 5.82 Å². The minimum Gasteiger partial charge on any atom is -0.493 e. The van der Waals surface area contributed by atoms with Crippen LogP contribution in [0.1, 0.15) is 6.92 Å². The number of anilines is 1. The molecule has 0 amide bonds. The molecule has 0 aliphatic carbocycles. The lowest BCUT2D eigenvalue weighted by atomic mass is 10.1. The van der Waals surface area contributed by atoms with Crippen molar-refractivity contribution in [1.82, 2.24) is 9.97 Å². The normalized spacial score (nSPS) is 10.6. The van der Waals surface area contributed by atoms with Crippen LogP contribution < -0.4 is 14.8 Å². The third kappa shape index (κ3) is 2.90. The van der Waals surface area contributed by atoms with Gasteiger partial charge in [-0.2, -0.15) is 0 Å². The van der Waals surface area contributed by atoms with Crippen LogP contribution in [0.25, 0.3) is 22.3 Å². The van der Waals surface area contributed by atoms with E-state index in [4.69, 9.17) is 9.47 Å². The SMILES string of the molecule is CCNc1nc(-c2ccccc2)nc2cc(OC)c(OC)cc12. The number of nitrogens with zero attached hydrogens (tertiary/aromatic N) is 2. The molecule has 1 aromatic heterocycles. The molecular formula is C18H19N3O2. The maximum atomic E-state index is 5.38. The fourth-order valence-corrected chi connectivity index (χ4v) is 2.47. The van der Waals surface area contributed by atoms with E-state index in [0.29, 0.717) is 17.3 Å². The van der Waals surface area contributed by atoms with Crippen molar-refractivity contribution in [3.05, 3.63) is 42.5 Å². The van der Waals surface area contributed by atoms with Crippen LogP contribution in [0.2, 0.25) is 0 Å². The smallest absolute Gasteiger partial charge is 0.162 e. The highest BCUT2D eigenvalue weighted by molar-refractivity contribution is 5.93. The number of hydrogen-bond acceptors (Lipinski definition) is 5. The monoisotopic (exact) mass is 309 g/mol. The Hall–Kier alpha value is -2.82. The molecule has 0 spiro atoms. The first-order valence-corrected chi connectivity index (χ1v) is 7.50. The van der Waals surface area contributed by atoms with Gasteiger partial charge < -0.3 is 14.8 Å². The van der Waals surface area contributed by atoms with Gasteiger partial charge in [0.1, 0.15) is 5.82 Å². The summed E-state index contributed by atoms with van der Waals surface area (Å²) in [7, 11) is 3.24. The number of hydrogen-bond donors (Lipinski definition) is 1. The first-order valence-electron chi connectivity index (χ1n) is 7.50. The summed E-state index contributed by atoms with van der Waals surface area (Å²) in [5.41, 5.74) is 1.79. The van der Waals surface area contributed by atoms with Gasteiger partial charge in [0.05, 0.1) is 19.7 Å². The summed E-state index contributed by atoms with van der Waals surface area (Å²) in [6.45, 7) is 2.81. The van der Waals surface area contributed by atoms with Crippen LogP contribution in [0.3, 0.4) is 0 Å². The number of benzene rings is 2. The molecule has 3 rings (SSSR count). The van der Waals surface area contributed by atoms with Gasteiger partial charge in [-0.15, -0.1) is 0 Å². The summed E-state index contributed by atoms with van der Waals surface area (Å²) >= 11 is 0. The molecule has 3 aromatic rings. The Morgan fingerprint density at radius 1 is 0.957 bits per heavy atom. The lowest BCUT2D eigenvalue weighted by molar-refractivity contribution is 0.356. The van der Waals surface area contributed by atoms with Crippen molar-refractivity contribution in [3.63, 3.8) is 0 Å². The van der Waals surface area contributed by atoms with E-state index in [1.165, 1.54) is 0 Å². The topological polar surface area (TPSA) is 56.3 Å². The van der Waals surface area contributed by atoms with Crippen LogP contribution in [-0.4, -0.2) is 30.7 Å². The Bertz CT molecular complexity index is 819. The molecule has 0 saturated carbocycles. The van der Waals surface area contributed by atoms with Gasteiger partial charge in [0.2, 0.25) is 0 Å². The van der Waals surface area contributed by atoms with Crippen molar-refractivity contribution in [1.29, 1.82) is 0 Å². The first-order chi connectivity index (χ1) is 11.3. The van der Waals surface area contributed by atoms with Gasteiger partial charge in [0, 0.05) is 23.6 Å². The van der Waals surface area contributed by atoms with Gasteiger partial charge in [-0.3, -0.25) is 0 Å². The molecule has 118 valence electrons. The Morgan fingerprint density at radius 3 is 2.30 bits per heavy atom. The molecule has 5 nitrogen and oxygen atoms in total. The molecule has 0 aliphatic heterocycles. The molecule has 0 atom stereocenters. The Labute approximate surface area is 135 Å². The summed E-state index contributed by atoms with van der Waals surface area (Å²) in [5.74, 6) is 2.79. The highest BCUT2D eigenvalue weighted by Crippen LogP contribution is 2.35. The van der Waals surface area contributed by atoms with Gasteiger partial charge >= 0.3 is 0 Å². The molecule has 0 bridgehead atoms. The molecule has 2 aromatic carbocycles. The largest absolute Gasteiger partial charge is 0.493 e. The Kier molecular flexibility index (Phi) is 4.28. The van der Waals surface area contributed by atoms with E-state index in [1.807, 2.05) is 49.4 Å². The molecule has 0 radical (unpaired) electrons. The third-order valence-electron chi connectivity index (χ3n) is 3.58. The van der Waals surface area contributed by atoms with Crippen LogP contribution >= 0.6 is 0 Å². The van der Waals surface area contributed by atoms with E-state index in [1.54, 1.807) is 14.2 Å². The summed E-state index contributed by atoms with van der Waals surface area (Å²) in [4.78, 5) is 9.36. The minimum absolute atomic E-state index is 0.653. The highest BCUT2D eigenvalue weighted by atomic mass is 16.5. The molecule has 0 fully saturated rings. The number of fused-ring (bicyclic) bond motifs is 1. The zero-order chi connectivity index (χ0) is 16.2. The average Bonchev–Trinajstić information content (AvgIpc) is 2.61. The lowest BCUT2D eigenvalue weighted by Crippen LogP contribution is -2.03. The molecule has 23 heavy (non-hydrogen) atoms. The second kappa shape index (κ2) is 6.52. The predicted molar refractivity (Wildman–Crippen MR) is 92.2 cm³/mol. The molecule has 1 N–H and O–H groups in total. The summed E-state index contributed by atoms with van der Waals surface area (Å²) in [6, 6.07) is 13.7. The van der Waals surface area contributed by atoms with Crippen molar-refractivity contribution in [3.8, 4) is 22.9 Å². The Balaban J connectivity index is 2.25. The lowest BCUT2D eigenvalue weighted by Gasteiger charge is -2.13. The quantitative estimate of drug-likeness (QED) is 0.778. The average molecular weight is 309 g/mol. The first kappa shape index (κ1) is 15.1. The fourth-order valence-electron chi connectivity index (χ4n) is 2.47. The van der Waals surface area contributed by atoms with Gasteiger partial charge in [0.15, 0.2) is 17.3 Å². The van der Waals surface area contributed by atoms with Gasteiger partial charge in [0.25, 0.3) is 0 Å². The maximum Gasteiger partial charge on any atom is 0.162 e. The summed E-state index contributed by atoms with van der Waals surface area (Å²) in [5, 5.41) is 4.21. The van der Waals surface area contributed by atoms with Gasteiger partial charge in [-0.25, -0.2) is 9.97 Å². The van der Waals surface area contributed by atoms with Gasteiger partial charge in [-0.1, -0.05) is 30.3 Å². The van der Waals surface area contributed by atoms with Crippen molar-refractivity contribution in [2.24, 2.45) is 0 Å². The molecule has 1 heterocycles. The van der Waals surface area contributed by atoms with E-state index < -0.39 is 0 Å². The number of aromatic nitrogens is 2. The van der Waals surface area contributed by atoms with Gasteiger partial charge in [-0.05, 0) is 13.0 Å². The number of methoxy groups -OCH3 is 2. The van der Waals surface area contributed by atoms with E-state index in [9.17, 15) is 0 Å². The zero-order valence-electron chi connectivity index (χ0n) is 13.5.